The first-order valence-corrected chi connectivity index (χ1v) is 9.68. The van der Waals surface area contributed by atoms with Gasteiger partial charge in [0.1, 0.15) is 11.2 Å². The smallest absolute Gasteiger partial charge is 0.351 e. The number of benzene rings is 1. The number of hydrogen-bond donors (Lipinski definition) is 1. The molecule has 2 aromatic heterocycles. The quantitative estimate of drug-likeness (QED) is 0.611. The van der Waals surface area contributed by atoms with Crippen LogP contribution in [-0.4, -0.2) is 51.1 Å². The van der Waals surface area contributed by atoms with Crippen LogP contribution in [0.25, 0.3) is 5.69 Å². The maximum absolute atomic E-state index is 12.4. The fourth-order valence-corrected chi connectivity index (χ4v) is 3.78. The molecule has 0 bridgehead atoms. The van der Waals surface area contributed by atoms with Crippen molar-refractivity contribution in [2.24, 2.45) is 0 Å². The van der Waals surface area contributed by atoms with Crippen LogP contribution in [0.1, 0.15) is 22.5 Å². The van der Waals surface area contributed by atoms with Crippen molar-refractivity contribution in [2.45, 2.75) is 12.8 Å². The van der Waals surface area contributed by atoms with Gasteiger partial charge in [0.15, 0.2) is 6.61 Å². The van der Waals surface area contributed by atoms with Crippen molar-refractivity contribution in [3.8, 4) is 5.69 Å². The van der Waals surface area contributed by atoms with Gasteiger partial charge in [-0.2, -0.15) is 4.68 Å². The number of anilines is 2. The van der Waals surface area contributed by atoms with Gasteiger partial charge in [0.2, 0.25) is 5.91 Å². The molecule has 0 radical (unpaired) electrons. The lowest BCUT2D eigenvalue weighted by Crippen LogP contribution is -2.27. The number of ether oxygens (including phenoxy) is 1. The first-order valence-electron chi connectivity index (χ1n) is 8.80. The molecule has 0 atom stereocenters. The van der Waals surface area contributed by atoms with E-state index in [-0.39, 0.29) is 10.8 Å². The Kier molecular flexibility index (Phi) is 5.29. The van der Waals surface area contributed by atoms with Crippen molar-refractivity contribution in [2.75, 3.05) is 23.4 Å². The molecule has 0 saturated carbocycles. The van der Waals surface area contributed by atoms with E-state index in [4.69, 9.17) is 4.74 Å². The van der Waals surface area contributed by atoms with Crippen LogP contribution in [0.2, 0.25) is 0 Å². The summed E-state index contributed by atoms with van der Waals surface area (Å²) in [6, 6.07) is 8.72. The van der Waals surface area contributed by atoms with Crippen LogP contribution in [0, 0.1) is 0 Å². The number of para-hydroxylation sites is 2. The zero-order chi connectivity index (χ0) is 20.2. The summed E-state index contributed by atoms with van der Waals surface area (Å²) in [5, 5.41) is 15.2. The number of carbonyl (C=O) groups is 3. The van der Waals surface area contributed by atoms with Crippen molar-refractivity contribution < 1.29 is 19.1 Å². The van der Waals surface area contributed by atoms with Crippen molar-refractivity contribution in [1.29, 1.82) is 0 Å². The molecule has 3 aromatic rings. The van der Waals surface area contributed by atoms with Gasteiger partial charge in [0, 0.05) is 13.0 Å². The average molecular weight is 412 g/mol. The van der Waals surface area contributed by atoms with Crippen LogP contribution < -0.4 is 10.2 Å². The Labute approximate surface area is 169 Å². The molecular formula is C18H16N6O4S. The molecule has 4 rings (SSSR count). The number of tetrazole rings is 1. The molecule has 1 aliphatic rings. The van der Waals surface area contributed by atoms with Crippen LogP contribution in [0.5, 0.6) is 0 Å². The molecule has 1 saturated heterocycles. The number of rotatable bonds is 6. The summed E-state index contributed by atoms with van der Waals surface area (Å²) in [7, 11) is 0. The van der Waals surface area contributed by atoms with Gasteiger partial charge in [0.25, 0.3) is 5.91 Å². The van der Waals surface area contributed by atoms with Gasteiger partial charge in [-0.3, -0.25) is 9.59 Å². The van der Waals surface area contributed by atoms with Crippen molar-refractivity contribution >= 4 is 40.5 Å². The molecular weight excluding hydrogens is 396 g/mol. The molecule has 148 valence electrons. The Balaban J connectivity index is 1.40. The Morgan fingerprint density at radius 2 is 2.07 bits per heavy atom. The first kappa shape index (κ1) is 18.7. The third kappa shape index (κ3) is 3.99. The predicted molar refractivity (Wildman–Crippen MR) is 104 cm³/mol. The highest BCUT2D eigenvalue weighted by atomic mass is 32.1. The highest BCUT2D eigenvalue weighted by Crippen LogP contribution is 2.29. The lowest BCUT2D eigenvalue weighted by Gasteiger charge is -2.19. The molecule has 1 N–H and O–H groups in total. The SMILES string of the molecule is O=C(COC(=O)c1sccc1-n1cnnn1)Nc1ccccc1N1CCCC1=O. The number of amides is 2. The van der Waals surface area contributed by atoms with E-state index in [2.05, 4.69) is 20.8 Å². The van der Waals surface area contributed by atoms with Gasteiger partial charge in [-0.05, 0) is 40.4 Å². The van der Waals surface area contributed by atoms with Gasteiger partial charge in [-0.15, -0.1) is 16.4 Å². The molecule has 11 heteroatoms. The highest BCUT2D eigenvalue weighted by molar-refractivity contribution is 7.12. The summed E-state index contributed by atoms with van der Waals surface area (Å²) in [5.41, 5.74) is 1.60. The predicted octanol–water partition coefficient (Wildman–Crippen LogP) is 1.65. The monoisotopic (exact) mass is 412 g/mol. The van der Waals surface area contributed by atoms with Crippen LogP contribution in [0.3, 0.4) is 0 Å². The Bertz CT molecular complexity index is 1050. The van der Waals surface area contributed by atoms with Crippen LogP contribution in [0.15, 0.2) is 42.0 Å². The van der Waals surface area contributed by atoms with Gasteiger partial charge < -0.3 is 15.0 Å². The molecule has 0 aliphatic carbocycles. The summed E-state index contributed by atoms with van der Waals surface area (Å²) in [6.45, 7) is 0.146. The fraction of sp³-hybridized carbons (Fsp3) is 0.222. The minimum Gasteiger partial charge on any atom is -0.451 e. The molecule has 1 aromatic carbocycles. The van der Waals surface area contributed by atoms with Crippen molar-refractivity contribution in [1.82, 2.24) is 20.2 Å². The Morgan fingerprint density at radius 1 is 1.21 bits per heavy atom. The second-order valence-electron chi connectivity index (χ2n) is 6.18. The third-order valence-corrected chi connectivity index (χ3v) is 5.19. The van der Waals surface area contributed by atoms with Crippen LogP contribution in [0.4, 0.5) is 11.4 Å². The Hall–Kier alpha value is -3.60. The van der Waals surface area contributed by atoms with Gasteiger partial charge in [-0.1, -0.05) is 12.1 Å². The zero-order valence-electron chi connectivity index (χ0n) is 15.1. The zero-order valence-corrected chi connectivity index (χ0v) is 16.0. The average Bonchev–Trinajstić information content (AvgIpc) is 3.47. The second-order valence-corrected chi connectivity index (χ2v) is 7.10. The molecule has 29 heavy (non-hydrogen) atoms. The van der Waals surface area contributed by atoms with Gasteiger partial charge in [-0.25, -0.2) is 4.79 Å². The molecule has 1 aliphatic heterocycles. The number of nitrogens with one attached hydrogen (secondary N) is 1. The molecule has 10 nitrogen and oxygen atoms in total. The summed E-state index contributed by atoms with van der Waals surface area (Å²) in [4.78, 5) is 38.6. The van der Waals surface area contributed by atoms with E-state index in [1.54, 1.807) is 40.6 Å². The molecule has 3 heterocycles. The number of aromatic nitrogens is 4. The second kappa shape index (κ2) is 8.19. The van der Waals surface area contributed by atoms with E-state index >= 15 is 0 Å². The number of hydrogen-bond acceptors (Lipinski definition) is 8. The molecule has 1 fully saturated rings. The van der Waals surface area contributed by atoms with E-state index < -0.39 is 18.5 Å². The van der Waals surface area contributed by atoms with Crippen LogP contribution >= 0.6 is 11.3 Å². The Morgan fingerprint density at radius 3 is 2.83 bits per heavy atom. The summed E-state index contributed by atoms with van der Waals surface area (Å²) in [6.07, 6.45) is 2.63. The van der Waals surface area contributed by atoms with E-state index in [0.29, 0.717) is 30.0 Å². The minimum absolute atomic E-state index is 0.0194. The van der Waals surface area contributed by atoms with Crippen molar-refractivity contribution in [3.63, 3.8) is 0 Å². The normalized spacial score (nSPS) is 13.5. The first-order chi connectivity index (χ1) is 14.1. The molecule has 0 spiro atoms. The van der Waals surface area contributed by atoms with Gasteiger partial charge >= 0.3 is 5.97 Å². The number of esters is 1. The highest BCUT2D eigenvalue weighted by Gasteiger charge is 2.24. The lowest BCUT2D eigenvalue weighted by molar-refractivity contribution is -0.119. The van der Waals surface area contributed by atoms with E-state index in [1.165, 1.54) is 11.0 Å². The molecule has 0 unspecified atom stereocenters. The van der Waals surface area contributed by atoms with E-state index in [1.807, 2.05) is 0 Å². The topological polar surface area (TPSA) is 119 Å². The molecule has 2 amide bonds. The van der Waals surface area contributed by atoms with Gasteiger partial charge in [0.05, 0.1) is 17.1 Å². The van der Waals surface area contributed by atoms with E-state index in [9.17, 15) is 14.4 Å². The van der Waals surface area contributed by atoms with E-state index in [0.717, 1.165) is 17.8 Å². The maximum atomic E-state index is 12.4. The minimum atomic E-state index is -0.649. The largest absolute Gasteiger partial charge is 0.451 e. The number of nitrogens with zero attached hydrogens (tertiary/aromatic N) is 5. The number of carbonyl (C=O) groups excluding carboxylic acids is 3. The number of thiophene rings is 1. The lowest BCUT2D eigenvalue weighted by atomic mass is 10.2. The summed E-state index contributed by atoms with van der Waals surface area (Å²) >= 11 is 1.16. The van der Waals surface area contributed by atoms with Crippen LogP contribution in [-0.2, 0) is 14.3 Å². The third-order valence-electron chi connectivity index (χ3n) is 4.30. The standard InChI is InChI=1S/C18H16N6O4S/c25-15(20-12-4-1-2-5-13(12)23-8-3-6-16(23)26)10-28-18(27)17-14(7-9-29-17)24-11-19-21-22-24/h1-2,4-5,7,9,11H,3,6,8,10H2,(H,20,25). The van der Waals surface area contributed by atoms with Crippen molar-refractivity contribution in [3.05, 3.63) is 46.9 Å². The summed E-state index contributed by atoms with van der Waals surface area (Å²) in [5.74, 6) is -1.13. The summed E-state index contributed by atoms with van der Waals surface area (Å²) < 4.78 is 6.49. The maximum Gasteiger partial charge on any atom is 0.351 e. The fourth-order valence-electron chi connectivity index (χ4n) is 3.01.